The van der Waals surface area contributed by atoms with Crippen molar-refractivity contribution in [2.75, 3.05) is 18.0 Å². The third-order valence-electron chi connectivity index (χ3n) is 1.84. The van der Waals surface area contributed by atoms with Gasteiger partial charge in [-0.2, -0.15) is 0 Å². The Labute approximate surface area is 84.8 Å². The van der Waals surface area contributed by atoms with Crippen LogP contribution in [0.4, 0.5) is 5.69 Å². The molecule has 74 valence electrons. The molecule has 2 nitrogen and oxygen atoms in total. The fraction of sp³-hybridized carbons (Fsp3) is 0.167. The van der Waals surface area contributed by atoms with Crippen molar-refractivity contribution in [3.8, 4) is 0 Å². The van der Waals surface area contributed by atoms with Gasteiger partial charge in [0.15, 0.2) is 0 Å². The lowest BCUT2D eigenvalue weighted by Gasteiger charge is -2.22. The van der Waals surface area contributed by atoms with Gasteiger partial charge < -0.3 is 10.0 Å². The van der Waals surface area contributed by atoms with E-state index < -0.39 is 0 Å². The van der Waals surface area contributed by atoms with Gasteiger partial charge in [0.25, 0.3) is 0 Å². The van der Waals surface area contributed by atoms with E-state index in [1.165, 1.54) is 0 Å². The number of para-hydroxylation sites is 1. The average Bonchev–Trinajstić information content (AvgIpc) is 2.18. The Morgan fingerprint density at radius 2 is 2.00 bits per heavy atom. The van der Waals surface area contributed by atoms with Crippen LogP contribution < -0.4 is 4.90 Å². The van der Waals surface area contributed by atoms with E-state index in [0.29, 0.717) is 13.1 Å². The first-order chi connectivity index (χ1) is 6.74. The molecule has 1 N–H and O–H groups in total. The molecular formula is C12H15NO. The third kappa shape index (κ3) is 2.98. The first-order valence-electron chi connectivity index (χ1n) is 4.51. The lowest BCUT2D eigenvalue weighted by atomic mass is 10.3. The van der Waals surface area contributed by atoms with Crippen LogP contribution in [0, 0.1) is 0 Å². The highest BCUT2D eigenvalue weighted by Gasteiger charge is 2.04. The van der Waals surface area contributed by atoms with Gasteiger partial charge >= 0.3 is 0 Å². The number of nitrogens with zero attached hydrogens (tertiary/aromatic N) is 1. The normalized spacial score (nSPS) is 9.43. The Balaban J connectivity index is 2.77. The quantitative estimate of drug-likeness (QED) is 0.568. The summed E-state index contributed by atoms with van der Waals surface area (Å²) in [6, 6.07) is 9.87. The van der Waals surface area contributed by atoms with E-state index in [1.807, 2.05) is 35.2 Å². The molecule has 0 aromatic heterocycles. The van der Waals surface area contributed by atoms with Gasteiger partial charge in [-0.15, -0.1) is 6.58 Å². The van der Waals surface area contributed by atoms with Gasteiger partial charge in [0.2, 0.25) is 0 Å². The second-order valence-electron chi connectivity index (χ2n) is 3.07. The van der Waals surface area contributed by atoms with Crippen molar-refractivity contribution in [1.29, 1.82) is 0 Å². The van der Waals surface area contributed by atoms with E-state index >= 15 is 0 Å². The van der Waals surface area contributed by atoms with Crippen molar-refractivity contribution >= 4 is 5.69 Å². The molecule has 0 radical (unpaired) electrons. The summed E-state index contributed by atoms with van der Waals surface area (Å²) in [6.07, 6.45) is 1.80. The fourth-order valence-electron chi connectivity index (χ4n) is 1.28. The maximum atomic E-state index is 9.14. The van der Waals surface area contributed by atoms with E-state index in [1.54, 1.807) is 6.08 Å². The predicted molar refractivity (Wildman–Crippen MR) is 60.6 cm³/mol. The van der Waals surface area contributed by atoms with E-state index in [0.717, 1.165) is 5.69 Å². The van der Waals surface area contributed by atoms with E-state index in [4.69, 9.17) is 5.11 Å². The van der Waals surface area contributed by atoms with Crippen LogP contribution >= 0.6 is 0 Å². The maximum absolute atomic E-state index is 9.14. The monoisotopic (exact) mass is 189 g/mol. The van der Waals surface area contributed by atoms with Gasteiger partial charge in [-0.05, 0) is 12.1 Å². The van der Waals surface area contributed by atoms with E-state index in [9.17, 15) is 0 Å². The summed E-state index contributed by atoms with van der Waals surface area (Å²) in [5.74, 6) is 0.163. The molecule has 0 heterocycles. The molecule has 0 fully saturated rings. The number of hydrogen-bond donors (Lipinski definition) is 1. The Morgan fingerprint density at radius 1 is 1.36 bits per heavy atom. The Hall–Kier alpha value is -1.70. The van der Waals surface area contributed by atoms with Gasteiger partial charge in [0, 0.05) is 12.2 Å². The Kier molecular flexibility index (Phi) is 3.80. The first-order valence-corrected chi connectivity index (χ1v) is 4.51. The molecule has 0 saturated carbocycles. The lowest BCUT2D eigenvalue weighted by Crippen LogP contribution is -2.25. The van der Waals surface area contributed by atoms with Crippen molar-refractivity contribution in [3.05, 3.63) is 55.3 Å². The minimum absolute atomic E-state index is 0.163. The van der Waals surface area contributed by atoms with Crippen molar-refractivity contribution in [1.82, 2.24) is 0 Å². The number of benzene rings is 1. The second kappa shape index (κ2) is 5.12. The fourth-order valence-corrected chi connectivity index (χ4v) is 1.28. The molecule has 0 amide bonds. The summed E-state index contributed by atoms with van der Waals surface area (Å²) in [7, 11) is 0. The lowest BCUT2D eigenvalue weighted by molar-refractivity contribution is 0.403. The second-order valence-corrected chi connectivity index (χ2v) is 3.07. The average molecular weight is 189 g/mol. The number of hydrogen-bond acceptors (Lipinski definition) is 2. The molecule has 0 aliphatic carbocycles. The van der Waals surface area contributed by atoms with Crippen LogP contribution in [0.15, 0.2) is 55.3 Å². The zero-order valence-corrected chi connectivity index (χ0v) is 8.19. The van der Waals surface area contributed by atoms with Crippen molar-refractivity contribution < 1.29 is 5.11 Å². The van der Waals surface area contributed by atoms with Crippen LogP contribution in [0.2, 0.25) is 0 Å². The van der Waals surface area contributed by atoms with Gasteiger partial charge in [0.05, 0.1) is 6.54 Å². The van der Waals surface area contributed by atoms with Gasteiger partial charge in [-0.25, -0.2) is 0 Å². The SMILES string of the molecule is C=CCN(CC(=C)O)c1ccccc1. The minimum atomic E-state index is 0.163. The molecule has 0 aliphatic heterocycles. The standard InChI is InChI=1S/C12H15NO/c1-3-9-13(10-11(2)14)12-7-5-4-6-8-12/h3-8,14H,1-2,9-10H2. The number of anilines is 1. The van der Waals surface area contributed by atoms with Crippen molar-refractivity contribution in [3.63, 3.8) is 0 Å². The summed E-state index contributed by atoms with van der Waals surface area (Å²) in [6.45, 7) is 8.30. The van der Waals surface area contributed by atoms with Gasteiger partial charge in [-0.3, -0.25) is 0 Å². The van der Waals surface area contributed by atoms with Crippen LogP contribution in [-0.2, 0) is 0 Å². The summed E-state index contributed by atoms with van der Waals surface area (Å²) in [4.78, 5) is 2.00. The highest BCUT2D eigenvalue weighted by Crippen LogP contribution is 2.13. The molecule has 1 rings (SSSR count). The highest BCUT2D eigenvalue weighted by atomic mass is 16.3. The molecular weight excluding hydrogens is 174 g/mol. The van der Waals surface area contributed by atoms with Crippen LogP contribution in [0.3, 0.4) is 0 Å². The van der Waals surface area contributed by atoms with Gasteiger partial charge in [-0.1, -0.05) is 30.9 Å². The molecule has 0 spiro atoms. The zero-order chi connectivity index (χ0) is 10.4. The van der Waals surface area contributed by atoms with Crippen molar-refractivity contribution in [2.24, 2.45) is 0 Å². The Morgan fingerprint density at radius 3 is 2.50 bits per heavy atom. The first kappa shape index (κ1) is 10.4. The molecule has 14 heavy (non-hydrogen) atoms. The van der Waals surface area contributed by atoms with Crippen molar-refractivity contribution in [2.45, 2.75) is 0 Å². The van der Waals surface area contributed by atoms with Crippen LogP contribution in [0.5, 0.6) is 0 Å². The molecule has 0 saturated heterocycles. The van der Waals surface area contributed by atoms with E-state index in [-0.39, 0.29) is 5.76 Å². The summed E-state index contributed by atoms with van der Waals surface area (Å²) >= 11 is 0. The summed E-state index contributed by atoms with van der Waals surface area (Å²) < 4.78 is 0. The van der Waals surface area contributed by atoms with Crippen LogP contribution in [-0.4, -0.2) is 18.2 Å². The summed E-state index contributed by atoms with van der Waals surface area (Å²) in [5.41, 5.74) is 1.06. The predicted octanol–water partition coefficient (Wildman–Crippen LogP) is 2.75. The van der Waals surface area contributed by atoms with Gasteiger partial charge in [0.1, 0.15) is 5.76 Å². The van der Waals surface area contributed by atoms with E-state index in [2.05, 4.69) is 13.2 Å². The Bertz CT molecular complexity index is 305. The summed E-state index contributed by atoms with van der Waals surface area (Å²) in [5, 5.41) is 9.14. The topological polar surface area (TPSA) is 23.5 Å². The third-order valence-corrected chi connectivity index (χ3v) is 1.84. The zero-order valence-electron chi connectivity index (χ0n) is 8.19. The number of aliphatic hydroxyl groups is 1. The number of aliphatic hydroxyl groups excluding tert-OH is 1. The molecule has 0 bridgehead atoms. The smallest absolute Gasteiger partial charge is 0.104 e. The molecule has 1 aromatic carbocycles. The van der Waals surface area contributed by atoms with Crippen LogP contribution in [0.1, 0.15) is 0 Å². The molecule has 2 heteroatoms. The molecule has 0 aliphatic rings. The number of rotatable bonds is 5. The molecule has 0 unspecified atom stereocenters. The van der Waals surface area contributed by atoms with Crippen LogP contribution in [0.25, 0.3) is 0 Å². The molecule has 0 atom stereocenters. The molecule has 1 aromatic rings. The maximum Gasteiger partial charge on any atom is 0.104 e. The highest BCUT2D eigenvalue weighted by molar-refractivity contribution is 5.47. The largest absolute Gasteiger partial charge is 0.511 e. The minimum Gasteiger partial charge on any atom is -0.511 e.